The minimum atomic E-state index is -4.02. The number of rotatable bonds is 8. The van der Waals surface area contributed by atoms with Crippen LogP contribution in [0.2, 0.25) is 5.15 Å². The van der Waals surface area contributed by atoms with Crippen LogP contribution in [0.1, 0.15) is 11.3 Å². The van der Waals surface area contributed by atoms with E-state index in [4.69, 9.17) is 11.6 Å². The predicted molar refractivity (Wildman–Crippen MR) is 134 cm³/mol. The molecule has 0 spiro atoms. The molecule has 0 bridgehead atoms. The van der Waals surface area contributed by atoms with Crippen LogP contribution in [-0.4, -0.2) is 41.8 Å². The summed E-state index contributed by atoms with van der Waals surface area (Å²) in [7, 11) is -4.02. The highest BCUT2D eigenvalue weighted by molar-refractivity contribution is 7.92. The number of anilines is 1. The maximum Gasteiger partial charge on any atom is 0.264 e. The Morgan fingerprint density at radius 2 is 1.77 bits per heavy atom. The maximum absolute atomic E-state index is 13.2. The second-order valence-corrected chi connectivity index (χ2v) is 9.59. The molecular formula is C24H21ClN6O3S. The fourth-order valence-electron chi connectivity index (χ4n) is 3.32. The molecule has 4 rings (SSSR count). The van der Waals surface area contributed by atoms with Crippen LogP contribution in [0.4, 0.5) is 5.69 Å². The lowest BCUT2D eigenvalue weighted by Crippen LogP contribution is -2.39. The first-order chi connectivity index (χ1) is 16.9. The number of amides is 1. The Morgan fingerprint density at radius 3 is 2.43 bits per heavy atom. The molecule has 0 aliphatic rings. The van der Waals surface area contributed by atoms with Crippen LogP contribution >= 0.6 is 11.6 Å². The van der Waals surface area contributed by atoms with Crippen LogP contribution < -0.4 is 9.73 Å². The van der Waals surface area contributed by atoms with Gasteiger partial charge in [-0.15, -0.1) is 0 Å². The molecule has 0 aliphatic carbocycles. The van der Waals surface area contributed by atoms with Gasteiger partial charge in [0.15, 0.2) is 5.15 Å². The van der Waals surface area contributed by atoms with Gasteiger partial charge in [-0.3, -0.25) is 14.1 Å². The summed E-state index contributed by atoms with van der Waals surface area (Å²) in [4.78, 5) is 16.7. The Labute approximate surface area is 207 Å². The van der Waals surface area contributed by atoms with Gasteiger partial charge in [0.05, 0.1) is 39.9 Å². The van der Waals surface area contributed by atoms with Gasteiger partial charge in [0.1, 0.15) is 6.54 Å². The molecule has 1 amide bonds. The van der Waals surface area contributed by atoms with Gasteiger partial charge in [-0.25, -0.2) is 18.5 Å². The highest BCUT2D eigenvalue weighted by atomic mass is 35.5. The number of hydrogen-bond donors (Lipinski definition) is 1. The number of pyridine rings is 1. The quantitative estimate of drug-likeness (QED) is 0.289. The molecule has 0 atom stereocenters. The van der Waals surface area contributed by atoms with E-state index in [1.165, 1.54) is 30.7 Å². The fraction of sp³-hybridized carbons (Fsp3) is 0.0833. The summed E-state index contributed by atoms with van der Waals surface area (Å²) in [6, 6.07) is 20.5. The maximum atomic E-state index is 13.2. The number of carbonyl (C=O) groups is 1. The van der Waals surface area contributed by atoms with Crippen molar-refractivity contribution in [2.75, 3.05) is 10.8 Å². The number of carbonyl (C=O) groups excluding carboxylic acids is 1. The summed E-state index contributed by atoms with van der Waals surface area (Å²) in [6.07, 6.45) is 4.27. The number of aromatic nitrogens is 3. The van der Waals surface area contributed by atoms with Crippen LogP contribution in [0, 0.1) is 6.92 Å². The topological polar surface area (TPSA) is 110 Å². The third-order valence-electron chi connectivity index (χ3n) is 5.05. The average molecular weight is 509 g/mol. The molecule has 0 aliphatic heterocycles. The SMILES string of the molecule is Cc1c(/C=N/NC(=O)CN(c2cccnc2)S(=O)(=O)c2ccccc2)c(Cl)nn1-c1ccccc1. The van der Waals surface area contributed by atoms with Crippen LogP contribution in [0.5, 0.6) is 0 Å². The van der Waals surface area contributed by atoms with Gasteiger partial charge in [-0.05, 0) is 43.3 Å². The number of nitrogens with one attached hydrogen (secondary N) is 1. The average Bonchev–Trinajstić information content (AvgIpc) is 3.17. The smallest absolute Gasteiger partial charge is 0.264 e. The van der Waals surface area contributed by atoms with Crippen LogP contribution in [0.25, 0.3) is 5.69 Å². The highest BCUT2D eigenvalue weighted by Crippen LogP contribution is 2.23. The third-order valence-corrected chi connectivity index (χ3v) is 7.12. The first kappa shape index (κ1) is 24.1. The number of hydrazone groups is 1. The molecule has 9 nitrogen and oxygen atoms in total. The summed E-state index contributed by atoms with van der Waals surface area (Å²) in [5.41, 5.74) is 4.69. The molecule has 0 radical (unpaired) electrons. The third kappa shape index (κ3) is 5.39. The molecule has 0 fully saturated rings. The van der Waals surface area contributed by atoms with Crippen LogP contribution in [-0.2, 0) is 14.8 Å². The van der Waals surface area contributed by atoms with E-state index >= 15 is 0 Å². The Hall–Kier alpha value is -4.02. The lowest BCUT2D eigenvalue weighted by molar-refractivity contribution is -0.119. The van der Waals surface area contributed by atoms with Crippen molar-refractivity contribution in [3.8, 4) is 5.69 Å². The van der Waals surface area contributed by atoms with E-state index in [2.05, 4.69) is 20.6 Å². The van der Waals surface area contributed by atoms with Gasteiger partial charge in [0, 0.05) is 6.20 Å². The van der Waals surface area contributed by atoms with Crippen molar-refractivity contribution >= 4 is 39.4 Å². The minimum Gasteiger partial charge on any atom is -0.271 e. The highest BCUT2D eigenvalue weighted by Gasteiger charge is 2.27. The van der Waals surface area contributed by atoms with Gasteiger partial charge < -0.3 is 0 Å². The Morgan fingerprint density at radius 1 is 1.09 bits per heavy atom. The normalized spacial score (nSPS) is 11.5. The number of nitrogens with zero attached hydrogens (tertiary/aromatic N) is 5. The number of sulfonamides is 1. The summed E-state index contributed by atoms with van der Waals surface area (Å²) in [5, 5.41) is 8.50. The minimum absolute atomic E-state index is 0.0517. The van der Waals surface area contributed by atoms with Crippen molar-refractivity contribution in [2.24, 2.45) is 5.10 Å². The Bertz CT molecular complexity index is 1440. The molecule has 11 heteroatoms. The molecule has 0 unspecified atom stereocenters. The van der Waals surface area contributed by atoms with E-state index in [-0.39, 0.29) is 15.7 Å². The molecule has 35 heavy (non-hydrogen) atoms. The van der Waals surface area contributed by atoms with Gasteiger partial charge in [0.25, 0.3) is 15.9 Å². The molecule has 2 aromatic carbocycles. The first-order valence-electron chi connectivity index (χ1n) is 10.5. The summed E-state index contributed by atoms with van der Waals surface area (Å²) >= 11 is 6.28. The number of benzene rings is 2. The molecule has 1 N–H and O–H groups in total. The van der Waals surface area contributed by atoms with Gasteiger partial charge in [0.2, 0.25) is 0 Å². The van der Waals surface area contributed by atoms with Crippen LogP contribution in [0.15, 0.2) is 95.2 Å². The van der Waals surface area contributed by atoms with Crippen molar-refractivity contribution in [2.45, 2.75) is 11.8 Å². The second kappa shape index (κ2) is 10.5. The first-order valence-corrected chi connectivity index (χ1v) is 12.3. The monoisotopic (exact) mass is 508 g/mol. The van der Waals surface area contributed by atoms with E-state index in [0.29, 0.717) is 5.56 Å². The van der Waals surface area contributed by atoms with E-state index in [0.717, 1.165) is 15.7 Å². The molecule has 2 aromatic heterocycles. The van der Waals surface area contributed by atoms with E-state index in [1.54, 1.807) is 35.0 Å². The van der Waals surface area contributed by atoms with Gasteiger partial charge >= 0.3 is 0 Å². The predicted octanol–water partition coefficient (Wildman–Crippen LogP) is 3.57. The Kier molecular flexibility index (Phi) is 7.23. The zero-order valence-electron chi connectivity index (χ0n) is 18.6. The van der Waals surface area contributed by atoms with Crippen LogP contribution in [0.3, 0.4) is 0 Å². The number of hydrogen-bond acceptors (Lipinski definition) is 6. The summed E-state index contributed by atoms with van der Waals surface area (Å²) < 4.78 is 29.1. The molecule has 178 valence electrons. The molecule has 0 saturated heterocycles. The summed E-state index contributed by atoms with van der Waals surface area (Å²) in [6.45, 7) is 1.32. The lowest BCUT2D eigenvalue weighted by Gasteiger charge is -2.23. The summed E-state index contributed by atoms with van der Waals surface area (Å²) in [5.74, 6) is -0.645. The zero-order valence-corrected chi connectivity index (χ0v) is 20.2. The van der Waals surface area contributed by atoms with Crippen molar-refractivity contribution in [3.63, 3.8) is 0 Å². The lowest BCUT2D eigenvalue weighted by atomic mass is 10.2. The number of para-hydroxylation sites is 1. The Balaban J connectivity index is 1.53. The van der Waals surface area contributed by atoms with E-state index in [1.807, 2.05) is 37.3 Å². The second-order valence-electron chi connectivity index (χ2n) is 7.37. The fourth-order valence-corrected chi connectivity index (χ4v) is 5.01. The van der Waals surface area contributed by atoms with Crippen molar-refractivity contribution in [1.29, 1.82) is 0 Å². The largest absolute Gasteiger partial charge is 0.271 e. The molecule has 4 aromatic rings. The van der Waals surface area contributed by atoms with Crippen molar-refractivity contribution in [1.82, 2.24) is 20.2 Å². The van der Waals surface area contributed by atoms with Crippen molar-refractivity contribution in [3.05, 3.63) is 102 Å². The van der Waals surface area contributed by atoms with E-state index in [9.17, 15) is 13.2 Å². The van der Waals surface area contributed by atoms with Crippen molar-refractivity contribution < 1.29 is 13.2 Å². The zero-order chi connectivity index (χ0) is 24.8. The standard InChI is InChI=1S/C24H21ClN6O3S/c1-18-22(24(25)29-31(18)19-9-4-2-5-10-19)16-27-28-23(32)17-30(20-11-8-14-26-15-20)35(33,34)21-12-6-3-7-13-21/h2-16H,17H2,1H3,(H,28,32)/b27-16+. The van der Waals surface area contributed by atoms with Gasteiger partial charge in [-0.2, -0.15) is 10.2 Å². The van der Waals surface area contributed by atoms with Gasteiger partial charge in [-0.1, -0.05) is 48.0 Å². The number of halogens is 1. The van der Waals surface area contributed by atoms with E-state index < -0.39 is 22.5 Å². The molecule has 0 saturated carbocycles. The molecule has 2 heterocycles. The molecular weight excluding hydrogens is 488 g/mol.